The van der Waals surface area contributed by atoms with Gasteiger partial charge in [-0.25, -0.2) is 0 Å². The van der Waals surface area contributed by atoms with E-state index in [0.29, 0.717) is 11.5 Å². The summed E-state index contributed by atoms with van der Waals surface area (Å²) in [7, 11) is 2.97. The van der Waals surface area contributed by atoms with E-state index in [0.717, 1.165) is 5.56 Å². The maximum absolute atomic E-state index is 12.3. The SMILES string of the molecule is COc1cc(OC(F)F)cc(C(C)(C)C)c1OC. The lowest BCUT2D eigenvalue weighted by Gasteiger charge is -2.24. The largest absolute Gasteiger partial charge is 0.493 e. The van der Waals surface area contributed by atoms with Crippen LogP contribution in [0.4, 0.5) is 8.78 Å². The van der Waals surface area contributed by atoms with Gasteiger partial charge in [0.1, 0.15) is 5.75 Å². The van der Waals surface area contributed by atoms with Crippen LogP contribution < -0.4 is 14.2 Å². The van der Waals surface area contributed by atoms with E-state index in [-0.39, 0.29) is 11.2 Å². The molecule has 102 valence electrons. The first-order valence-electron chi connectivity index (χ1n) is 5.51. The summed E-state index contributed by atoms with van der Waals surface area (Å²) in [5, 5.41) is 0. The van der Waals surface area contributed by atoms with Crippen LogP contribution in [-0.4, -0.2) is 20.8 Å². The molecule has 0 aliphatic carbocycles. The van der Waals surface area contributed by atoms with Crippen LogP contribution >= 0.6 is 0 Å². The Hall–Kier alpha value is -1.52. The van der Waals surface area contributed by atoms with Crippen LogP contribution in [0.25, 0.3) is 0 Å². The molecule has 5 heteroatoms. The molecule has 0 radical (unpaired) electrons. The second-order valence-corrected chi connectivity index (χ2v) is 4.83. The van der Waals surface area contributed by atoms with E-state index >= 15 is 0 Å². The maximum atomic E-state index is 12.3. The number of hydrogen-bond acceptors (Lipinski definition) is 3. The number of rotatable bonds is 4. The van der Waals surface area contributed by atoms with E-state index in [9.17, 15) is 8.78 Å². The third-order valence-corrected chi connectivity index (χ3v) is 2.49. The molecule has 1 aromatic rings. The van der Waals surface area contributed by atoms with Gasteiger partial charge in [-0.2, -0.15) is 8.78 Å². The molecule has 0 bridgehead atoms. The fourth-order valence-electron chi connectivity index (χ4n) is 1.67. The van der Waals surface area contributed by atoms with Gasteiger partial charge in [0, 0.05) is 11.6 Å². The predicted octanol–water partition coefficient (Wildman–Crippen LogP) is 3.60. The molecule has 0 aliphatic rings. The van der Waals surface area contributed by atoms with Crippen LogP contribution in [0, 0.1) is 0 Å². The normalized spacial score (nSPS) is 11.6. The van der Waals surface area contributed by atoms with Crippen molar-refractivity contribution in [3.05, 3.63) is 17.7 Å². The fourth-order valence-corrected chi connectivity index (χ4v) is 1.67. The summed E-state index contributed by atoms with van der Waals surface area (Å²) in [4.78, 5) is 0. The third kappa shape index (κ3) is 3.24. The smallest absolute Gasteiger partial charge is 0.387 e. The molecule has 0 aromatic heterocycles. The van der Waals surface area contributed by atoms with Crippen LogP contribution in [0.3, 0.4) is 0 Å². The highest BCUT2D eigenvalue weighted by Crippen LogP contribution is 2.41. The average molecular weight is 260 g/mol. The Morgan fingerprint density at radius 1 is 1.06 bits per heavy atom. The molecule has 1 aromatic carbocycles. The molecule has 0 fully saturated rings. The molecular formula is C13H18F2O3. The van der Waals surface area contributed by atoms with Gasteiger partial charge in [-0.05, 0) is 11.5 Å². The molecule has 0 atom stereocenters. The molecule has 0 saturated heterocycles. The summed E-state index contributed by atoms with van der Waals surface area (Å²) in [5.74, 6) is 0.972. The van der Waals surface area contributed by atoms with Crippen molar-refractivity contribution >= 4 is 0 Å². The van der Waals surface area contributed by atoms with Gasteiger partial charge in [-0.15, -0.1) is 0 Å². The second kappa shape index (κ2) is 5.42. The van der Waals surface area contributed by atoms with Crippen molar-refractivity contribution in [2.24, 2.45) is 0 Å². The summed E-state index contributed by atoms with van der Waals surface area (Å²) in [5.41, 5.74) is 0.472. The molecule has 0 unspecified atom stereocenters. The Morgan fingerprint density at radius 3 is 2.06 bits per heavy atom. The molecular weight excluding hydrogens is 242 g/mol. The second-order valence-electron chi connectivity index (χ2n) is 4.83. The number of alkyl halides is 2. The molecule has 3 nitrogen and oxygen atoms in total. The first-order chi connectivity index (χ1) is 8.29. The van der Waals surface area contributed by atoms with Crippen molar-refractivity contribution in [3.8, 4) is 17.2 Å². The van der Waals surface area contributed by atoms with Crippen LogP contribution in [0.15, 0.2) is 12.1 Å². The van der Waals surface area contributed by atoms with E-state index in [4.69, 9.17) is 9.47 Å². The maximum Gasteiger partial charge on any atom is 0.387 e. The number of methoxy groups -OCH3 is 2. The van der Waals surface area contributed by atoms with Gasteiger partial charge in [0.2, 0.25) is 0 Å². The van der Waals surface area contributed by atoms with Crippen molar-refractivity contribution < 1.29 is 23.0 Å². The molecule has 1 rings (SSSR count). The number of ether oxygens (including phenoxy) is 3. The summed E-state index contributed by atoms with van der Waals surface area (Å²) in [6.07, 6.45) is 0. The van der Waals surface area contributed by atoms with E-state index in [1.54, 1.807) is 6.07 Å². The van der Waals surface area contributed by atoms with Crippen molar-refractivity contribution in [2.45, 2.75) is 32.8 Å². The number of hydrogen-bond donors (Lipinski definition) is 0. The minimum Gasteiger partial charge on any atom is -0.493 e. The minimum atomic E-state index is -2.86. The van der Waals surface area contributed by atoms with Crippen LogP contribution in [0.2, 0.25) is 0 Å². The van der Waals surface area contributed by atoms with Gasteiger partial charge in [0.05, 0.1) is 14.2 Å². The van der Waals surface area contributed by atoms with Gasteiger partial charge < -0.3 is 14.2 Å². The molecule has 0 saturated carbocycles. The highest BCUT2D eigenvalue weighted by atomic mass is 19.3. The van der Waals surface area contributed by atoms with Crippen LogP contribution in [0.1, 0.15) is 26.3 Å². The first-order valence-corrected chi connectivity index (χ1v) is 5.51. The Kier molecular flexibility index (Phi) is 4.38. The third-order valence-electron chi connectivity index (χ3n) is 2.49. The lowest BCUT2D eigenvalue weighted by molar-refractivity contribution is -0.0500. The lowest BCUT2D eigenvalue weighted by atomic mass is 9.86. The highest BCUT2D eigenvalue weighted by molar-refractivity contribution is 5.54. The van der Waals surface area contributed by atoms with Gasteiger partial charge in [0.25, 0.3) is 0 Å². The van der Waals surface area contributed by atoms with Gasteiger partial charge in [-0.1, -0.05) is 20.8 Å². The van der Waals surface area contributed by atoms with Gasteiger partial charge >= 0.3 is 6.61 Å². The molecule has 18 heavy (non-hydrogen) atoms. The van der Waals surface area contributed by atoms with Crippen molar-refractivity contribution in [1.82, 2.24) is 0 Å². The first kappa shape index (κ1) is 14.5. The Balaban J connectivity index is 3.36. The summed E-state index contributed by atoms with van der Waals surface area (Å²) >= 11 is 0. The zero-order valence-electron chi connectivity index (χ0n) is 11.2. The molecule has 0 aliphatic heterocycles. The minimum absolute atomic E-state index is 0.0626. The zero-order chi connectivity index (χ0) is 13.9. The van der Waals surface area contributed by atoms with Crippen molar-refractivity contribution in [3.63, 3.8) is 0 Å². The predicted molar refractivity (Wildman–Crippen MR) is 64.9 cm³/mol. The molecule has 0 amide bonds. The van der Waals surface area contributed by atoms with Crippen molar-refractivity contribution in [1.29, 1.82) is 0 Å². The lowest BCUT2D eigenvalue weighted by Crippen LogP contribution is -2.14. The summed E-state index contributed by atoms with van der Waals surface area (Å²) in [6.45, 7) is 3.00. The number of halogens is 2. The standard InChI is InChI=1S/C13H18F2O3/c1-13(2,3)9-6-8(18-12(14)15)7-10(16-4)11(9)17-5/h6-7,12H,1-5H3. The fraction of sp³-hybridized carbons (Fsp3) is 0.538. The number of benzene rings is 1. The Morgan fingerprint density at radius 2 is 1.67 bits per heavy atom. The molecule has 0 heterocycles. The van der Waals surface area contributed by atoms with Crippen LogP contribution in [-0.2, 0) is 5.41 Å². The molecule has 0 N–H and O–H groups in total. The Bertz CT molecular complexity index is 411. The molecule has 0 spiro atoms. The van der Waals surface area contributed by atoms with E-state index in [2.05, 4.69) is 4.74 Å². The summed E-state index contributed by atoms with van der Waals surface area (Å²) < 4.78 is 39.4. The monoisotopic (exact) mass is 260 g/mol. The van der Waals surface area contributed by atoms with E-state index in [1.807, 2.05) is 20.8 Å². The average Bonchev–Trinajstić information content (AvgIpc) is 2.25. The zero-order valence-corrected chi connectivity index (χ0v) is 11.2. The van der Waals surface area contributed by atoms with Gasteiger partial charge in [0.15, 0.2) is 11.5 Å². The summed E-state index contributed by atoms with van der Waals surface area (Å²) in [6, 6.07) is 2.94. The van der Waals surface area contributed by atoms with Gasteiger partial charge in [-0.3, -0.25) is 0 Å². The topological polar surface area (TPSA) is 27.7 Å². The van der Waals surface area contributed by atoms with E-state index < -0.39 is 6.61 Å². The van der Waals surface area contributed by atoms with E-state index in [1.165, 1.54) is 20.3 Å². The quantitative estimate of drug-likeness (QED) is 0.827. The van der Waals surface area contributed by atoms with Crippen molar-refractivity contribution in [2.75, 3.05) is 14.2 Å². The Labute approximate surface area is 106 Å². The highest BCUT2D eigenvalue weighted by Gasteiger charge is 2.24. The van der Waals surface area contributed by atoms with Crippen LogP contribution in [0.5, 0.6) is 17.2 Å².